The van der Waals surface area contributed by atoms with Gasteiger partial charge >= 0.3 is 12.1 Å². The fourth-order valence-electron chi connectivity index (χ4n) is 3.18. The first-order valence-corrected chi connectivity index (χ1v) is 10.5. The molecule has 0 bridgehead atoms. The molecule has 0 amide bonds. The van der Waals surface area contributed by atoms with E-state index in [1.807, 2.05) is 17.7 Å². The number of aryl methyl sites for hydroxylation is 2. The van der Waals surface area contributed by atoms with Crippen LogP contribution in [0.2, 0.25) is 0 Å². The first kappa shape index (κ1) is 21.1. The minimum absolute atomic E-state index is 0.0587. The third kappa shape index (κ3) is 4.18. The van der Waals surface area contributed by atoms with Crippen molar-refractivity contribution in [1.29, 1.82) is 0 Å². The topological polar surface area (TPSA) is 108 Å². The van der Waals surface area contributed by atoms with Crippen molar-refractivity contribution in [2.24, 2.45) is 7.05 Å². The number of fused-ring (bicyclic) bond motifs is 1. The van der Waals surface area contributed by atoms with E-state index in [1.54, 1.807) is 25.2 Å². The van der Waals surface area contributed by atoms with Crippen molar-refractivity contribution in [3.8, 4) is 11.4 Å². The van der Waals surface area contributed by atoms with E-state index < -0.39 is 22.1 Å². The van der Waals surface area contributed by atoms with Gasteiger partial charge < -0.3 is 9.09 Å². The largest absolute Gasteiger partial charge is 0.471 e. The van der Waals surface area contributed by atoms with Gasteiger partial charge in [0.15, 0.2) is 0 Å². The van der Waals surface area contributed by atoms with Gasteiger partial charge in [0.25, 0.3) is 0 Å². The molecule has 3 aromatic heterocycles. The molecule has 0 atom stereocenters. The van der Waals surface area contributed by atoms with Crippen LogP contribution in [-0.2, 0) is 29.8 Å². The normalized spacial score (nSPS) is 12.7. The number of aromatic nitrogens is 5. The van der Waals surface area contributed by atoms with Gasteiger partial charge in [0.1, 0.15) is 4.90 Å². The zero-order chi connectivity index (χ0) is 22.4. The molecule has 0 aliphatic rings. The van der Waals surface area contributed by atoms with E-state index in [0.717, 1.165) is 10.9 Å². The first-order valence-electron chi connectivity index (χ1n) is 9.04. The number of halogens is 3. The van der Waals surface area contributed by atoms with E-state index in [-0.39, 0.29) is 17.3 Å². The minimum Gasteiger partial charge on any atom is -0.346 e. The lowest BCUT2D eigenvalue weighted by atomic mass is 10.1. The minimum atomic E-state index is -4.72. The summed E-state index contributed by atoms with van der Waals surface area (Å²) in [6.45, 7) is 2.28. The molecule has 0 fully saturated rings. The fourth-order valence-corrected chi connectivity index (χ4v) is 4.18. The Bertz CT molecular complexity index is 1350. The van der Waals surface area contributed by atoms with Crippen LogP contribution in [0.25, 0.3) is 22.3 Å². The number of sulfonamides is 1. The highest BCUT2D eigenvalue weighted by molar-refractivity contribution is 7.89. The molecule has 1 N–H and O–H groups in total. The monoisotopic (exact) mass is 454 g/mol. The van der Waals surface area contributed by atoms with Crippen LogP contribution < -0.4 is 4.72 Å². The second-order valence-electron chi connectivity index (χ2n) is 6.91. The van der Waals surface area contributed by atoms with Gasteiger partial charge in [-0.15, -0.1) is 0 Å². The maximum absolute atomic E-state index is 12.7. The van der Waals surface area contributed by atoms with Crippen molar-refractivity contribution >= 4 is 20.9 Å². The lowest BCUT2D eigenvalue weighted by molar-refractivity contribution is -0.159. The van der Waals surface area contributed by atoms with Gasteiger partial charge in [-0.3, -0.25) is 4.68 Å². The Kier molecular flexibility index (Phi) is 5.09. The summed E-state index contributed by atoms with van der Waals surface area (Å²) in [5, 5.41) is 8.14. The van der Waals surface area contributed by atoms with E-state index in [0.29, 0.717) is 17.6 Å². The SMILES string of the molecule is Cc1cn(CCNS(=O)(=O)c2cnn(C)c2)c2cc(-c3noc(C(F)(F)F)n3)ccc12. The van der Waals surface area contributed by atoms with Crippen LogP contribution in [0.4, 0.5) is 13.2 Å². The highest BCUT2D eigenvalue weighted by atomic mass is 32.2. The van der Waals surface area contributed by atoms with Gasteiger partial charge in [-0.05, 0) is 18.6 Å². The average molecular weight is 454 g/mol. The number of alkyl halides is 3. The Balaban J connectivity index is 1.57. The van der Waals surface area contributed by atoms with E-state index in [9.17, 15) is 21.6 Å². The maximum atomic E-state index is 12.7. The molecule has 0 saturated carbocycles. The Morgan fingerprint density at radius 1 is 1.23 bits per heavy atom. The molecule has 9 nitrogen and oxygen atoms in total. The summed E-state index contributed by atoms with van der Waals surface area (Å²) >= 11 is 0. The summed E-state index contributed by atoms with van der Waals surface area (Å²) in [7, 11) is -2.09. The summed E-state index contributed by atoms with van der Waals surface area (Å²) in [4.78, 5) is 3.47. The Labute approximate surface area is 174 Å². The number of rotatable bonds is 6. The van der Waals surface area contributed by atoms with E-state index in [2.05, 4.69) is 24.5 Å². The number of nitrogens with one attached hydrogen (secondary N) is 1. The van der Waals surface area contributed by atoms with Crippen LogP contribution in [0.3, 0.4) is 0 Å². The lowest BCUT2D eigenvalue weighted by Crippen LogP contribution is -2.27. The van der Waals surface area contributed by atoms with Crippen molar-refractivity contribution in [2.75, 3.05) is 6.54 Å². The second kappa shape index (κ2) is 7.50. The van der Waals surface area contributed by atoms with Crippen molar-refractivity contribution in [3.63, 3.8) is 0 Å². The van der Waals surface area contributed by atoms with Crippen molar-refractivity contribution in [3.05, 3.63) is 48.2 Å². The number of hydrogen-bond donors (Lipinski definition) is 1. The summed E-state index contributed by atoms with van der Waals surface area (Å²) in [5.74, 6) is -1.60. The Hall–Kier alpha value is -3.19. The molecular weight excluding hydrogens is 437 g/mol. The molecule has 13 heteroatoms. The summed E-state index contributed by atoms with van der Waals surface area (Å²) in [5.41, 5.74) is 1.98. The van der Waals surface area contributed by atoms with Gasteiger partial charge in [0, 0.05) is 49.0 Å². The molecule has 4 aromatic rings. The Morgan fingerprint density at radius 3 is 2.65 bits per heavy atom. The van der Waals surface area contributed by atoms with E-state index in [4.69, 9.17) is 0 Å². The van der Waals surface area contributed by atoms with Crippen LogP contribution in [-0.4, -0.2) is 39.5 Å². The van der Waals surface area contributed by atoms with Crippen molar-refractivity contribution in [2.45, 2.75) is 24.5 Å². The van der Waals surface area contributed by atoms with E-state index >= 15 is 0 Å². The van der Waals surface area contributed by atoms with Gasteiger partial charge in [0.2, 0.25) is 15.8 Å². The summed E-state index contributed by atoms with van der Waals surface area (Å²) < 4.78 is 72.9. The summed E-state index contributed by atoms with van der Waals surface area (Å²) in [6, 6.07) is 5.00. The first-order chi connectivity index (χ1) is 14.5. The van der Waals surface area contributed by atoms with Gasteiger partial charge in [0.05, 0.1) is 6.20 Å². The van der Waals surface area contributed by atoms with Crippen LogP contribution >= 0.6 is 0 Å². The predicted octanol–water partition coefficient (Wildman–Crippen LogP) is 2.73. The molecule has 3 heterocycles. The van der Waals surface area contributed by atoms with Crippen molar-refractivity contribution in [1.82, 2.24) is 29.2 Å². The molecule has 164 valence electrons. The molecule has 0 aliphatic carbocycles. The molecule has 0 radical (unpaired) electrons. The zero-order valence-electron chi connectivity index (χ0n) is 16.4. The molecule has 0 unspecified atom stereocenters. The molecule has 0 saturated heterocycles. The molecule has 1 aromatic carbocycles. The quantitative estimate of drug-likeness (QED) is 0.480. The third-order valence-electron chi connectivity index (χ3n) is 4.64. The zero-order valence-corrected chi connectivity index (χ0v) is 17.2. The number of nitrogens with zero attached hydrogens (tertiary/aromatic N) is 5. The highest BCUT2D eigenvalue weighted by Crippen LogP contribution is 2.31. The highest BCUT2D eigenvalue weighted by Gasteiger charge is 2.38. The number of hydrogen-bond acceptors (Lipinski definition) is 6. The third-order valence-corrected chi connectivity index (χ3v) is 6.06. The molecule has 0 aliphatic heterocycles. The van der Waals surface area contributed by atoms with Gasteiger partial charge in [-0.2, -0.15) is 23.3 Å². The van der Waals surface area contributed by atoms with Crippen LogP contribution in [0.15, 0.2) is 46.2 Å². The molecule has 31 heavy (non-hydrogen) atoms. The average Bonchev–Trinajstić information content (AvgIpc) is 3.41. The second-order valence-corrected chi connectivity index (χ2v) is 8.67. The van der Waals surface area contributed by atoms with Crippen LogP contribution in [0, 0.1) is 6.92 Å². The fraction of sp³-hybridized carbons (Fsp3) is 0.278. The van der Waals surface area contributed by atoms with Crippen LogP contribution in [0.5, 0.6) is 0 Å². The van der Waals surface area contributed by atoms with Gasteiger partial charge in [-0.1, -0.05) is 17.3 Å². The lowest BCUT2D eigenvalue weighted by Gasteiger charge is -2.08. The van der Waals surface area contributed by atoms with Crippen LogP contribution in [0.1, 0.15) is 11.5 Å². The summed E-state index contributed by atoms with van der Waals surface area (Å²) in [6.07, 6.45) is -0.240. The van der Waals surface area contributed by atoms with Gasteiger partial charge in [-0.25, -0.2) is 13.1 Å². The molecule has 0 spiro atoms. The molecule has 4 rings (SSSR count). The predicted molar refractivity (Wildman–Crippen MR) is 103 cm³/mol. The maximum Gasteiger partial charge on any atom is 0.471 e. The smallest absolute Gasteiger partial charge is 0.346 e. The standard InChI is InChI=1S/C18H17F3N6O3S/c1-11-9-27(6-5-23-31(28,29)13-8-22-26(2)10-13)15-7-12(3-4-14(11)15)16-24-17(30-25-16)18(19,20)21/h3-4,7-10,23H,5-6H2,1-2H3. The molecular formula is C18H17F3N6O3S. The number of benzene rings is 1. The Morgan fingerprint density at radius 2 is 2.00 bits per heavy atom. The van der Waals surface area contributed by atoms with E-state index in [1.165, 1.54) is 17.1 Å². The van der Waals surface area contributed by atoms with Crippen molar-refractivity contribution < 1.29 is 26.1 Å².